The number of halogens is 1. The van der Waals surface area contributed by atoms with Crippen LogP contribution in [0.1, 0.15) is 59.4 Å². The first-order valence-corrected chi connectivity index (χ1v) is 13.9. The SMILES string of the molecule is C[C@H](N)[C@@H](C)N(C(=O)N[C@@H](Cc1ccc(O)cc1)N1CCCCC1C=O)C(CI)[NH+]([O-])C(C)(C)C. The van der Waals surface area contributed by atoms with Gasteiger partial charge in [0.1, 0.15) is 12.0 Å². The topological polar surface area (TPSA) is 126 Å². The monoisotopic (exact) mass is 603 g/mol. The third kappa shape index (κ3) is 8.01. The van der Waals surface area contributed by atoms with Crippen LogP contribution in [0.5, 0.6) is 5.75 Å². The standard InChI is InChI=1S/C25H42IN5O4/c1-17(27)18(2)30(23(15-26)31(35)25(3,4)5)24(34)28-22(14-19-9-11-21(33)12-10-19)29-13-7-6-8-20(29)16-32/h9-12,16-18,20,22-23,31,33H,6-8,13-15,27H2,1-5H3,(H,28,34)/t17-,18+,20?,22+,23?/m0/s1. The van der Waals surface area contributed by atoms with E-state index in [-0.39, 0.29) is 35.0 Å². The number of amides is 2. The Hall–Kier alpha value is -1.47. The number of nitrogens with one attached hydrogen (secondary N) is 2. The van der Waals surface area contributed by atoms with Gasteiger partial charge in [0.25, 0.3) is 0 Å². The zero-order valence-corrected chi connectivity index (χ0v) is 23.7. The molecule has 5 N–H and O–H groups in total. The number of hydrogen-bond donors (Lipinski definition) is 4. The Morgan fingerprint density at radius 3 is 2.49 bits per heavy atom. The van der Waals surface area contributed by atoms with Gasteiger partial charge in [-0.25, -0.2) is 4.79 Å². The third-order valence-electron chi connectivity index (χ3n) is 6.76. The van der Waals surface area contributed by atoms with Gasteiger partial charge >= 0.3 is 6.03 Å². The Labute approximate surface area is 223 Å². The minimum atomic E-state index is -0.630. The maximum absolute atomic E-state index is 13.9. The number of aromatic hydroxyl groups is 1. The molecule has 1 aliphatic heterocycles. The number of phenolic OH excluding ortho intramolecular Hbond substituents is 1. The molecule has 1 fully saturated rings. The second-order valence-electron chi connectivity index (χ2n) is 10.6. The number of hydrogen-bond acceptors (Lipinski definition) is 6. The van der Waals surface area contributed by atoms with E-state index in [4.69, 9.17) is 5.73 Å². The lowest BCUT2D eigenvalue weighted by Gasteiger charge is -2.48. The summed E-state index contributed by atoms with van der Waals surface area (Å²) >= 11 is 2.15. The Kier molecular flexibility index (Phi) is 11.2. The fourth-order valence-corrected chi connectivity index (χ4v) is 5.29. The van der Waals surface area contributed by atoms with Gasteiger partial charge in [-0.05, 0) is 65.2 Å². The highest BCUT2D eigenvalue weighted by molar-refractivity contribution is 14.1. The number of nitrogens with two attached hydrogens (primary N) is 1. The Balaban J connectivity index is 2.41. The van der Waals surface area contributed by atoms with Crippen LogP contribution in [0, 0.1) is 5.21 Å². The number of quaternary nitrogens is 1. The summed E-state index contributed by atoms with van der Waals surface area (Å²) < 4.78 is 0.446. The number of carbonyl (C=O) groups excluding carboxylic acids is 2. The Bertz CT molecular complexity index is 817. The number of phenols is 1. The minimum absolute atomic E-state index is 0.0200. The van der Waals surface area contributed by atoms with E-state index in [0.717, 1.165) is 31.1 Å². The van der Waals surface area contributed by atoms with Crippen molar-refractivity contribution in [1.29, 1.82) is 0 Å². The molecule has 2 rings (SSSR count). The van der Waals surface area contributed by atoms with Crippen LogP contribution in [0.3, 0.4) is 0 Å². The number of urea groups is 1. The van der Waals surface area contributed by atoms with Crippen LogP contribution < -0.4 is 16.1 Å². The number of rotatable bonds is 10. The normalized spacial score (nSPS) is 21.4. The molecule has 198 valence electrons. The van der Waals surface area contributed by atoms with Crippen molar-refractivity contribution in [3.8, 4) is 5.75 Å². The molecule has 0 aromatic heterocycles. The van der Waals surface area contributed by atoms with Crippen molar-refractivity contribution >= 4 is 34.9 Å². The summed E-state index contributed by atoms with van der Waals surface area (Å²) in [7, 11) is 0. The molecular formula is C25H42IN5O4. The molecule has 3 unspecified atom stereocenters. The molecule has 0 radical (unpaired) electrons. The van der Waals surface area contributed by atoms with Gasteiger partial charge in [-0.2, -0.15) is 0 Å². The van der Waals surface area contributed by atoms with Gasteiger partial charge in [-0.3, -0.25) is 9.80 Å². The van der Waals surface area contributed by atoms with Crippen LogP contribution in [0.4, 0.5) is 4.79 Å². The fourth-order valence-electron chi connectivity index (χ4n) is 4.47. The number of aldehydes is 1. The molecule has 35 heavy (non-hydrogen) atoms. The van der Waals surface area contributed by atoms with Gasteiger partial charge in [0.05, 0.1) is 28.2 Å². The summed E-state index contributed by atoms with van der Waals surface area (Å²) in [5.41, 5.74) is 6.52. The first kappa shape index (κ1) is 29.8. The van der Waals surface area contributed by atoms with Gasteiger partial charge in [0.15, 0.2) is 6.17 Å². The lowest BCUT2D eigenvalue weighted by molar-refractivity contribution is -0.930. The minimum Gasteiger partial charge on any atom is -0.632 e. The zero-order valence-electron chi connectivity index (χ0n) is 21.5. The summed E-state index contributed by atoms with van der Waals surface area (Å²) in [6, 6.07) is 5.47. The van der Waals surface area contributed by atoms with E-state index in [9.17, 15) is 19.9 Å². The first-order chi connectivity index (χ1) is 16.4. The molecule has 0 bridgehead atoms. The predicted octanol–water partition coefficient (Wildman–Crippen LogP) is 2.00. The number of benzene rings is 1. The summed E-state index contributed by atoms with van der Waals surface area (Å²) in [5.74, 6) is 0.167. The van der Waals surface area contributed by atoms with Crippen LogP contribution >= 0.6 is 22.6 Å². The van der Waals surface area contributed by atoms with Crippen molar-refractivity contribution in [1.82, 2.24) is 15.1 Å². The second-order valence-corrected chi connectivity index (χ2v) is 11.4. The number of piperidine rings is 1. The number of alkyl halides is 1. The molecule has 1 aromatic carbocycles. The maximum Gasteiger partial charge on any atom is 0.323 e. The van der Waals surface area contributed by atoms with E-state index in [0.29, 0.717) is 17.4 Å². The molecule has 1 aromatic rings. The quantitative estimate of drug-likeness (QED) is 0.107. The van der Waals surface area contributed by atoms with Crippen LogP contribution in [0.2, 0.25) is 0 Å². The Morgan fingerprint density at radius 1 is 1.34 bits per heavy atom. The summed E-state index contributed by atoms with van der Waals surface area (Å²) in [6.45, 7) is 9.96. The lowest BCUT2D eigenvalue weighted by atomic mass is 10.00. The lowest BCUT2D eigenvalue weighted by Crippen LogP contribution is -3.20. The molecule has 6 atom stereocenters. The van der Waals surface area contributed by atoms with E-state index in [1.54, 1.807) is 17.0 Å². The van der Waals surface area contributed by atoms with Crippen molar-refractivity contribution < 1.29 is 19.8 Å². The fraction of sp³-hybridized carbons (Fsp3) is 0.680. The average molecular weight is 604 g/mol. The van der Waals surface area contributed by atoms with Crippen LogP contribution in [0.25, 0.3) is 0 Å². The van der Waals surface area contributed by atoms with Gasteiger partial charge < -0.3 is 31.2 Å². The van der Waals surface area contributed by atoms with Crippen LogP contribution in [0.15, 0.2) is 24.3 Å². The van der Waals surface area contributed by atoms with Crippen LogP contribution in [-0.4, -0.2) is 74.2 Å². The number of hydroxylamine groups is 2. The summed E-state index contributed by atoms with van der Waals surface area (Å²) in [5, 5.41) is 26.1. The van der Waals surface area contributed by atoms with Crippen LogP contribution in [-0.2, 0) is 11.2 Å². The smallest absolute Gasteiger partial charge is 0.323 e. The van der Waals surface area contributed by atoms with Gasteiger partial charge in [-0.15, -0.1) is 0 Å². The van der Waals surface area contributed by atoms with Gasteiger partial charge in [0, 0.05) is 19.0 Å². The highest BCUT2D eigenvalue weighted by atomic mass is 127. The first-order valence-electron chi connectivity index (χ1n) is 12.3. The molecule has 1 saturated heterocycles. The second kappa shape index (κ2) is 13.2. The number of likely N-dealkylation sites (tertiary alicyclic amines) is 1. The highest BCUT2D eigenvalue weighted by Crippen LogP contribution is 2.21. The Morgan fingerprint density at radius 2 is 1.97 bits per heavy atom. The average Bonchev–Trinajstić information content (AvgIpc) is 2.81. The molecule has 1 heterocycles. The van der Waals surface area contributed by atoms with Crippen molar-refractivity contribution in [2.45, 2.75) is 96.3 Å². The molecular weight excluding hydrogens is 561 g/mol. The van der Waals surface area contributed by atoms with E-state index in [1.165, 1.54) is 0 Å². The molecule has 0 saturated carbocycles. The number of nitrogens with zero attached hydrogens (tertiary/aromatic N) is 2. The molecule has 1 aliphatic rings. The highest BCUT2D eigenvalue weighted by Gasteiger charge is 2.39. The maximum atomic E-state index is 13.9. The van der Waals surface area contributed by atoms with E-state index in [2.05, 4.69) is 27.9 Å². The molecule has 9 nitrogen and oxygen atoms in total. The van der Waals surface area contributed by atoms with Crippen molar-refractivity contribution in [3.05, 3.63) is 35.0 Å². The molecule has 0 spiro atoms. The molecule has 0 aliphatic carbocycles. The summed E-state index contributed by atoms with van der Waals surface area (Å²) in [6.07, 6.45) is 2.96. The van der Waals surface area contributed by atoms with E-state index < -0.39 is 17.9 Å². The predicted molar refractivity (Wildman–Crippen MR) is 146 cm³/mol. The van der Waals surface area contributed by atoms with E-state index >= 15 is 0 Å². The van der Waals surface area contributed by atoms with Crippen molar-refractivity contribution in [2.75, 3.05) is 11.0 Å². The van der Waals surface area contributed by atoms with Gasteiger partial charge in [0.2, 0.25) is 0 Å². The van der Waals surface area contributed by atoms with Gasteiger partial charge in [-0.1, -0.05) is 41.1 Å². The molecule has 10 heteroatoms. The number of carbonyl (C=O) groups is 2. The van der Waals surface area contributed by atoms with E-state index in [1.807, 2.05) is 51.7 Å². The third-order valence-corrected chi connectivity index (χ3v) is 7.60. The largest absolute Gasteiger partial charge is 0.632 e. The summed E-state index contributed by atoms with van der Waals surface area (Å²) in [4.78, 5) is 29.4. The van der Waals surface area contributed by atoms with Crippen molar-refractivity contribution in [3.63, 3.8) is 0 Å². The molecule has 2 amide bonds. The zero-order chi connectivity index (χ0) is 26.3. The van der Waals surface area contributed by atoms with Crippen molar-refractivity contribution in [2.24, 2.45) is 5.73 Å².